The van der Waals surface area contributed by atoms with Crippen molar-refractivity contribution in [2.45, 2.75) is 25.8 Å². The van der Waals surface area contributed by atoms with Gasteiger partial charge in [-0.3, -0.25) is 0 Å². The number of aryl methyl sites for hydroxylation is 2. The summed E-state index contributed by atoms with van der Waals surface area (Å²) >= 11 is 6.17. The summed E-state index contributed by atoms with van der Waals surface area (Å²) in [5.41, 5.74) is 1.19. The zero-order valence-corrected chi connectivity index (χ0v) is 11.0. The van der Waals surface area contributed by atoms with Crippen molar-refractivity contribution in [3.8, 4) is 0 Å². The lowest BCUT2D eigenvalue weighted by molar-refractivity contribution is 0.597. The average Bonchev–Trinajstić information content (AvgIpc) is 2.81. The summed E-state index contributed by atoms with van der Waals surface area (Å²) in [6.07, 6.45) is 4.98. The second-order valence-electron chi connectivity index (χ2n) is 4.58. The summed E-state index contributed by atoms with van der Waals surface area (Å²) in [5, 5.41) is 4.22. The molecule has 0 aliphatic carbocycles. The molecule has 0 spiro atoms. The summed E-state index contributed by atoms with van der Waals surface area (Å²) in [5.74, 6) is 2.30. The third kappa shape index (κ3) is 2.23. The summed E-state index contributed by atoms with van der Waals surface area (Å²) in [4.78, 5) is 4.50. The minimum atomic E-state index is 0.848. The molecule has 94 valence electrons. The molecule has 0 bridgehead atoms. The third-order valence-corrected chi connectivity index (χ3v) is 3.75. The second kappa shape index (κ2) is 5.02. The second-order valence-corrected chi connectivity index (χ2v) is 4.99. The minimum Gasteiger partial charge on any atom is -0.370 e. The van der Waals surface area contributed by atoms with Crippen molar-refractivity contribution < 1.29 is 0 Å². The predicted octanol–water partition coefficient (Wildman–Crippen LogP) is 3.14. The SMILES string of the molecule is Clc1ccccc1CCc1ncc2n1CCCN2. The van der Waals surface area contributed by atoms with E-state index in [2.05, 4.69) is 20.9 Å². The van der Waals surface area contributed by atoms with Crippen molar-refractivity contribution in [3.63, 3.8) is 0 Å². The lowest BCUT2D eigenvalue weighted by Crippen LogP contribution is -2.18. The van der Waals surface area contributed by atoms with Gasteiger partial charge in [-0.15, -0.1) is 0 Å². The molecule has 2 heterocycles. The Morgan fingerprint density at radius 1 is 1.28 bits per heavy atom. The molecule has 3 rings (SSSR count). The standard InChI is InChI=1S/C14H16ClN3/c15-12-5-2-1-4-11(12)6-7-13-17-10-14-16-8-3-9-18(13)14/h1-2,4-5,10,16H,3,6-9H2. The van der Waals surface area contributed by atoms with Crippen LogP contribution >= 0.6 is 11.6 Å². The van der Waals surface area contributed by atoms with Gasteiger partial charge in [-0.2, -0.15) is 0 Å². The topological polar surface area (TPSA) is 29.9 Å². The molecule has 3 nitrogen and oxygen atoms in total. The first-order valence-electron chi connectivity index (χ1n) is 6.36. The fourth-order valence-corrected chi connectivity index (χ4v) is 2.64. The van der Waals surface area contributed by atoms with Gasteiger partial charge in [-0.25, -0.2) is 4.98 Å². The van der Waals surface area contributed by atoms with Gasteiger partial charge in [-0.1, -0.05) is 29.8 Å². The molecular weight excluding hydrogens is 246 g/mol. The Morgan fingerprint density at radius 3 is 3.06 bits per heavy atom. The Bertz CT molecular complexity index is 548. The van der Waals surface area contributed by atoms with E-state index in [4.69, 9.17) is 11.6 Å². The smallest absolute Gasteiger partial charge is 0.126 e. The monoisotopic (exact) mass is 261 g/mol. The molecular formula is C14H16ClN3. The molecule has 1 aliphatic rings. The highest BCUT2D eigenvalue weighted by atomic mass is 35.5. The van der Waals surface area contributed by atoms with Crippen molar-refractivity contribution in [2.24, 2.45) is 0 Å². The van der Waals surface area contributed by atoms with Crippen molar-refractivity contribution in [3.05, 3.63) is 46.9 Å². The van der Waals surface area contributed by atoms with Gasteiger partial charge in [0.15, 0.2) is 0 Å². The van der Waals surface area contributed by atoms with E-state index in [1.165, 1.54) is 12.0 Å². The number of imidazole rings is 1. The van der Waals surface area contributed by atoms with Crippen LogP contribution in [-0.4, -0.2) is 16.1 Å². The van der Waals surface area contributed by atoms with Gasteiger partial charge < -0.3 is 9.88 Å². The summed E-state index contributed by atoms with van der Waals surface area (Å²) < 4.78 is 2.28. The van der Waals surface area contributed by atoms with E-state index in [9.17, 15) is 0 Å². The molecule has 0 fully saturated rings. The molecule has 2 aromatic rings. The molecule has 0 unspecified atom stereocenters. The Morgan fingerprint density at radius 2 is 2.17 bits per heavy atom. The Hall–Kier alpha value is -1.48. The van der Waals surface area contributed by atoms with Crippen LogP contribution in [0.3, 0.4) is 0 Å². The van der Waals surface area contributed by atoms with Crippen molar-refractivity contribution in [1.29, 1.82) is 0 Å². The van der Waals surface area contributed by atoms with Crippen LogP contribution in [0.4, 0.5) is 5.82 Å². The number of anilines is 1. The number of benzene rings is 1. The number of rotatable bonds is 3. The van der Waals surface area contributed by atoms with Gasteiger partial charge in [0.2, 0.25) is 0 Å². The van der Waals surface area contributed by atoms with Gasteiger partial charge in [0.05, 0.1) is 6.20 Å². The Labute approximate surface area is 112 Å². The third-order valence-electron chi connectivity index (χ3n) is 3.38. The Kier molecular flexibility index (Phi) is 3.24. The molecule has 0 saturated carbocycles. The number of fused-ring (bicyclic) bond motifs is 1. The zero-order valence-electron chi connectivity index (χ0n) is 10.2. The van der Waals surface area contributed by atoms with Crippen LogP contribution in [-0.2, 0) is 19.4 Å². The number of hydrogen-bond acceptors (Lipinski definition) is 2. The van der Waals surface area contributed by atoms with Gasteiger partial charge >= 0.3 is 0 Å². The lowest BCUT2D eigenvalue weighted by Gasteiger charge is -2.18. The Balaban J connectivity index is 1.74. The van der Waals surface area contributed by atoms with Crippen LogP contribution < -0.4 is 5.32 Å². The highest BCUT2D eigenvalue weighted by Gasteiger charge is 2.13. The van der Waals surface area contributed by atoms with Gasteiger partial charge in [0.25, 0.3) is 0 Å². The highest BCUT2D eigenvalue weighted by Crippen LogP contribution is 2.20. The van der Waals surface area contributed by atoms with Gasteiger partial charge in [0, 0.05) is 24.5 Å². The highest BCUT2D eigenvalue weighted by molar-refractivity contribution is 6.31. The van der Waals surface area contributed by atoms with Crippen LogP contribution in [0.15, 0.2) is 30.5 Å². The first-order valence-corrected chi connectivity index (χ1v) is 6.74. The van der Waals surface area contributed by atoms with E-state index >= 15 is 0 Å². The van der Waals surface area contributed by atoms with E-state index in [1.54, 1.807) is 0 Å². The summed E-state index contributed by atoms with van der Waals surface area (Å²) in [7, 11) is 0. The number of halogens is 1. The molecule has 1 aromatic heterocycles. The molecule has 1 N–H and O–H groups in total. The predicted molar refractivity (Wildman–Crippen MR) is 74.2 cm³/mol. The van der Waals surface area contributed by atoms with Crippen LogP contribution in [0.2, 0.25) is 5.02 Å². The first kappa shape index (κ1) is 11.6. The van der Waals surface area contributed by atoms with E-state index in [0.29, 0.717) is 0 Å². The maximum absolute atomic E-state index is 6.17. The largest absolute Gasteiger partial charge is 0.370 e. The molecule has 0 amide bonds. The normalized spacial score (nSPS) is 14.1. The lowest BCUT2D eigenvalue weighted by atomic mass is 10.1. The molecule has 0 atom stereocenters. The van der Waals surface area contributed by atoms with Gasteiger partial charge in [-0.05, 0) is 24.5 Å². The maximum atomic E-state index is 6.17. The van der Waals surface area contributed by atoms with Crippen LogP contribution in [0.5, 0.6) is 0 Å². The molecule has 1 aromatic carbocycles. The molecule has 4 heteroatoms. The van der Waals surface area contributed by atoms with E-state index in [1.807, 2.05) is 24.4 Å². The fraction of sp³-hybridized carbons (Fsp3) is 0.357. The number of aromatic nitrogens is 2. The van der Waals surface area contributed by atoms with Crippen LogP contribution in [0, 0.1) is 0 Å². The van der Waals surface area contributed by atoms with E-state index in [-0.39, 0.29) is 0 Å². The number of hydrogen-bond donors (Lipinski definition) is 1. The number of nitrogens with one attached hydrogen (secondary N) is 1. The maximum Gasteiger partial charge on any atom is 0.126 e. The summed E-state index contributed by atoms with van der Waals surface area (Å²) in [6, 6.07) is 8.02. The van der Waals surface area contributed by atoms with Gasteiger partial charge in [0.1, 0.15) is 11.6 Å². The van der Waals surface area contributed by atoms with Crippen LogP contribution in [0.25, 0.3) is 0 Å². The van der Waals surface area contributed by atoms with E-state index < -0.39 is 0 Å². The molecule has 0 radical (unpaired) electrons. The fourth-order valence-electron chi connectivity index (χ4n) is 2.41. The quantitative estimate of drug-likeness (QED) is 0.920. The molecule has 1 aliphatic heterocycles. The van der Waals surface area contributed by atoms with Crippen molar-refractivity contribution >= 4 is 17.4 Å². The minimum absolute atomic E-state index is 0.848. The van der Waals surface area contributed by atoms with Crippen molar-refractivity contribution in [2.75, 3.05) is 11.9 Å². The van der Waals surface area contributed by atoms with E-state index in [0.717, 1.165) is 42.6 Å². The number of nitrogens with zero attached hydrogens (tertiary/aromatic N) is 2. The zero-order chi connectivity index (χ0) is 12.4. The average molecular weight is 262 g/mol. The first-order chi connectivity index (χ1) is 8.84. The van der Waals surface area contributed by atoms with Crippen molar-refractivity contribution in [1.82, 2.24) is 9.55 Å². The molecule has 18 heavy (non-hydrogen) atoms. The van der Waals surface area contributed by atoms with Crippen LogP contribution in [0.1, 0.15) is 17.8 Å². The summed E-state index contributed by atoms with van der Waals surface area (Å²) in [6.45, 7) is 2.12. The molecule has 0 saturated heterocycles.